The summed E-state index contributed by atoms with van der Waals surface area (Å²) >= 11 is 0. The van der Waals surface area contributed by atoms with Crippen molar-refractivity contribution in [2.45, 2.75) is 71.3 Å². The van der Waals surface area contributed by atoms with E-state index in [9.17, 15) is 14.4 Å². The molecule has 2 amide bonds. The van der Waals surface area contributed by atoms with E-state index in [1.54, 1.807) is 12.1 Å². The predicted molar refractivity (Wildman–Crippen MR) is 177 cm³/mol. The Kier molecular flexibility index (Phi) is 11.2. The summed E-state index contributed by atoms with van der Waals surface area (Å²) in [5.41, 5.74) is 6.46. The van der Waals surface area contributed by atoms with Crippen LogP contribution in [-0.2, 0) is 27.8 Å². The van der Waals surface area contributed by atoms with E-state index in [0.29, 0.717) is 11.4 Å². The number of hydrogen-bond donors (Lipinski definition) is 3. The van der Waals surface area contributed by atoms with Crippen molar-refractivity contribution in [2.24, 2.45) is 0 Å². The highest BCUT2D eigenvalue weighted by atomic mass is 16.4. The molecule has 8 heteroatoms. The standard InChI is InChI=1S/C37H42N4O4/c1-5-6-7-25-8-12-27(13-9-25)30-23-39-34(40-24-30)28-14-10-26(11-15-28)22-32(36(45)38-21-20-33(42)43)41-35(44)29-16-18-31(19-17-29)37(2,3)4/h8-19,23-24,32H,5-7,20-22H2,1-4H3,(H,38,45)(H,41,44)(H,42,43). The van der Waals surface area contributed by atoms with Crippen LogP contribution < -0.4 is 10.6 Å². The quantitative estimate of drug-likeness (QED) is 0.162. The lowest BCUT2D eigenvalue weighted by atomic mass is 9.86. The van der Waals surface area contributed by atoms with Gasteiger partial charge in [0.2, 0.25) is 5.91 Å². The average molecular weight is 607 g/mol. The van der Waals surface area contributed by atoms with Crippen molar-refractivity contribution in [3.05, 3.63) is 107 Å². The lowest BCUT2D eigenvalue weighted by Crippen LogP contribution is -2.48. The molecule has 1 atom stereocenters. The first-order valence-corrected chi connectivity index (χ1v) is 15.4. The Morgan fingerprint density at radius 3 is 1.98 bits per heavy atom. The number of carboxylic acids is 1. The summed E-state index contributed by atoms with van der Waals surface area (Å²) < 4.78 is 0. The van der Waals surface area contributed by atoms with E-state index in [1.165, 1.54) is 18.4 Å². The zero-order chi connectivity index (χ0) is 32.4. The van der Waals surface area contributed by atoms with E-state index in [-0.39, 0.29) is 30.7 Å². The Morgan fingerprint density at radius 1 is 0.800 bits per heavy atom. The van der Waals surface area contributed by atoms with Gasteiger partial charge in [-0.1, -0.05) is 94.8 Å². The molecule has 0 saturated heterocycles. The van der Waals surface area contributed by atoms with Gasteiger partial charge < -0.3 is 15.7 Å². The van der Waals surface area contributed by atoms with Crippen LogP contribution in [0.3, 0.4) is 0 Å². The SMILES string of the molecule is CCCCc1ccc(-c2cnc(-c3ccc(CC(NC(=O)c4ccc(C(C)(C)C)cc4)C(=O)NCCC(=O)O)cc3)nc2)cc1. The largest absolute Gasteiger partial charge is 0.481 e. The van der Waals surface area contributed by atoms with E-state index >= 15 is 0 Å². The molecular weight excluding hydrogens is 564 g/mol. The molecule has 1 aromatic heterocycles. The van der Waals surface area contributed by atoms with Crippen molar-refractivity contribution in [1.82, 2.24) is 20.6 Å². The molecule has 3 N–H and O–H groups in total. The lowest BCUT2D eigenvalue weighted by Gasteiger charge is -2.20. The Hall–Kier alpha value is -4.85. The van der Waals surface area contributed by atoms with E-state index in [0.717, 1.165) is 34.2 Å². The van der Waals surface area contributed by atoms with Crippen molar-refractivity contribution < 1.29 is 19.5 Å². The summed E-state index contributed by atoms with van der Waals surface area (Å²) in [5, 5.41) is 14.4. The van der Waals surface area contributed by atoms with Gasteiger partial charge in [0.1, 0.15) is 6.04 Å². The number of carbonyl (C=O) groups excluding carboxylic acids is 2. The van der Waals surface area contributed by atoms with Crippen LogP contribution in [0, 0.1) is 0 Å². The van der Waals surface area contributed by atoms with E-state index in [1.807, 2.05) is 48.8 Å². The summed E-state index contributed by atoms with van der Waals surface area (Å²) in [6.07, 6.45) is 7.08. The number of aromatic nitrogens is 2. The number of nitrogens with zero attached hydrogens (tertiary/aromatic N) is 2. The molecule has 4 rings (SSSR count). The van der Waals surface area contributed by atoms with Crippen molar-refractivity contribution >= 4 is 17.8 Å². The Labute approximate surface area is 265 Å². The minimum atomic E-state index is -1.01. The fourth-order valence-electron chi connectivity index (χ4n) is 4.88. The van der Waals surface area contributed by atoms with Crippen LogP contribution in [0.5, 0.6) is 0 Å². The number of hydrogen-bond acceptors (Lipinski definition) is 5. The molecule has 234 valence electrons. The predicted octanol–water partition coefficient (Wildman–Crippen LogP) is 6.38. The Bertz CT molecular complexity index is 1570. The maximum Gasteiger partial charge on any atom is 0.305 e. The van der Waals surface area contributed by atoms with E-state index in [4.69, 9.17) is 5.11 Å². The van der Waals surface area contributed by atoms with Crippen LogP contribution in [0.15, 0.2) is 85.2 Å². The van der Waals surface area contributed by atoms with Crippen LogP contribution in [0.1, 0.15) is 74.0 Å². The number of carboxylic acid groups (broad SMARTS) is 1. The zero-order valence-electron chi connectivity index (χ0n) is 26.5. The van der Waals surface area contributed by atoms with Gasteiger partial charge in [-0.2, -0.15) is 0 Å². The highest BCUT2D eigenvalue weighted by Crippen LogP contribution is 2.23. The smallest absolute Gasteiger partial charge is 0.305 e. The van der Waals surface area contributed by atoms with Crippen molar-refractivity contribution in [3.8, 4) is 22.5 Å². The Morgan fingerprint density at radius 2 is 1.40 bits per heavy atom. The summed E-state index contributed by atoms with van der Waals surface area (Å²) in [6, 6.07) is 22.5. The molecule has 1 unspecified atom stereocenters. The third kappa shape index (κ3) is 9.57. The maximum absolute atomic E-state index is 13.1. The third-order valence-electron chi connectivity index (χ3n) is 7.68. The molecule has 45 heavy (non-hydrogen) atoms. The molecule has 0 aliphatic carbocycles. The van der Waals surface area contributed by atoms with Gasteiger partial charge in [0.25, 0.3) is 5.91 Å². The number of nitrogens with one attached hydrogen (secondary N) is 2. The van der Waals surface area contributed by atoms with Gasteiger partial charge in [-0.05, 0) is 52.6 Å². The van der Waals surface area contributed by atoms with Gasteiger partial charge >= 0.3 is 5.97 Å². The Balaban J connectivity index is 1.44. The molecule has 0 spiro atoms. The maximum atomic E-state index is 13.1. The van der Waals surface area contributed by atoms with Crippen LogP contribution in [0.4, 0.5) is 0 Å². The van der Waals surface area contributed by atoms with Gasteiger partial charge in [0.15, 0.2) is 5.82 Å². The number of carbonyl (C=O) groups is 3. The summed E-state index contributed by atoms with van der Waals surface area (Å²) in [7, 11) is 0. The second kappa shape index (κ2) is 15.2. The number of aryl methyl sites for hydroxylation is 1. The first-order chi connectivity index (χ1) is 21.5. The van der Waals surface area contributed by atoms with Gasteiger partial charge in [0, 0.05) is 42.0 Å². The van der Waals surface area contributed by atoms with Crippen LogP contribution in [0.2, 0.25) is 0 Å². The molecule has 8 nitrogen and oxygen atoms in total. The molecule has 0 saturated carbocycles. The topological polar surface area (TPSA) is 121 Å². The molecule has 0 aliphatic heterocycles. The second-order valence-corrected chi connectivity index (χ2v) is 12.3. The molecular formula is C37H42N4O4. The summed E-state index contributed by atoms with van der Waals surface area (Å²) in [6.45, 7) is 8.45. The van der Waals surface area contributed by atoms with Gasteiger partial charge in [-0.25, -0.2) is 9.97 Å². The summed E-state index contributed by atoms with van der Waals surface area (Å²) in [5.74, 6) is -1.26. The number of amides is 2. The zero-order valence-corrected chi connectivity index (χ0v) is 26.5. The van der Waals surface area contributed by atoms with Crippen LogP contribution >= 0.6 is 0 Å². The first-order valence-electron chi connectivity index (χ1n) is 15.4. The number of rotatable bonds is 13. The first kappa shape index (κ1) is 33.1. The molecule has 4 aromatic rings. The van der Waals surface area contributed by atoms with Gasteiger partial charge in [0.05, 0.1) is 6.42 Å². The van der Waals surface area contributed by atoms with Gasteiger partial charge in [-0.15, -0.1) is 0 Å². The molecule has 0 bridgehead atoms. The average Bonchev–Trinajstić information content (AvgIpc) is 3.03. The molecule has 1 heterocycles. The highest BCUT2D eigenvalue weighted by molar-refractivity contribution is 5.97. The van der Waals surface area contributed by atoms with Gasteiger partial charge in [-0.3, -0.25) is 14.4 Å². The van der Waals surface area contributed by atoms with E-state index < -0.39 is 17.9 Å². The van der Waals surface area contributed by atoms with E-state index in [2.05, 4.69) is 72.6 Å². The van der Waals surface area contributed by atoms with Crippen molar-refractivity contribution in [2.75, 3.05) is 6.54 Å². The normalized spacial score (nSPS) is 11.9. The van der Waals surface area contributed by atoms with Crippen molar-refractivity contribution in [3.63, 3.8) is 0 Å². The number of aliphatic carboxylic acids is 1. The molecule has 3 aromatic carbocycles. The molecule has 0 radical (unpaired) electrons. The summed E-state index contributed by atoms with van der Waals surface area (Å²) in [4.78, 5) is 46.3. The van der Waals surface area contributed by atoms with Crippen LogP contribution in [0.25, 0.3) is 22.5 Å². The minimum absolute atomic E-state index is 0.0317. The molecule has 0 aliphatic rings. The highest BCUT2D eigenvalue weighted by Gasteiger charge is 2.23. The molecule has 0 fully saturated rings. The fraction of sp³-hybridized carbons (Fsp3) is 0.324. The van der Waals surface area contributed by atoms with Crippen LogP contribution in [-0.4, -0.2) is 45.4 Å². The monoisotopic (exact) mass is 606 g/mol. The fourth-order valence-corrected chi connectivity index (χ4v) is 4.88. The second-order valence-electron chi connectivity index (χ2n) is 12.3. The number of unbranched alkanes of at least 4 members (excludes halogenated alkanes) is 1. The lowest BCUT2D eigenvalue weighted by molar-refractivity contribution is -0.137. The number of benzene rings is 3. The minimum Gasteiger partial charge on any atom is -0.481 e. The third-order valence-corrected chi connectivity index (χ3v) is 7.68. The van der Waals surface area contributed by atoms with Crippen molar-refractivity contribution in [1.29, 1.82) is 0 Å².